The molecule has 8 heteroatoms. The van der Waals surface area contributed by atoms with Gasteiger partial charge in [0.15, 0.2) is 11.6 Å². The number of carbonyl (C=O) groups is 2. The van der Waals surface area contributed by atoms with Crippen LogP contribution in [0.15, 0.2) is 34.9 Å². The zero-order valence-electron chi connectivity index (χ0n) is 15.0. The Morgan fingerprint density at radius 1 is 1.11 bits per heavy atom. The average Bonchev–Trinajstić information content (AvgIpc) is 3.04. The summed E-state index contributed by atoms with van der Waals surface area (Å²) >= 11 is 0. The van der Waals surface area contributed by atoms with Crippen LogP contribution >= 0.6 is 0 Å². The van der Waals surface area contributed by atoms with Gasteiger partial charge in [-0.3, -0.25) is 9.59 Å². The number of nitrogens with zero attached hydrogens (tertiary/aromatic N) is 3. The van der Waals surface area contributed by atoms with Gasteiger partial charge in [0.2, 0.25) is 5.91 Å². The highest BCUT2D eigenvalue weighted by molar-refractivity contribution is 6.05. The summed E-state index contributed by atoms with van der Waals surface area (Å²) < 4.78 is 11.0. The molecule has 1 aromatic carbocycles. The summed E-state index contributed by atoms with van der Waals surface area (Å²) in [7, 11) is 0. The van der Waals surface area contributed by atoms with E-state index in [-0.39, 0.29) is 18.4 Å². The Kier molecular flexibility index (Phi) is 5.06. The molecule has 0 spiro atoms. The van der Waals surface area contributed by atoms with Crippen LogP contribution in [0.4, 0.5) is 5.82 Å². The Morgan fingerprint density at radius 2 is 1.89 bits per heavy atom. The van der Waals surface area contributed by atoms with E-state index in [4.69, 9.17) is 9.26 Å². The van der Waals surface area contributed by atoms with Crippen molar-refractivity contribution in [3.05, 3.63) is 35.9 Å². The Labute approximate surface area is 157 Å². The lowest BCUT2D eigenvalue weighted by atomic mass is 10.1. The van der Waals surface area contributed by atoms with Crippen LogP contribution in [0.3, 0.4) is 0 Å². The maximum Gasteiger partial charge on any atom is 0.262 e. The number of anilines is 1. The van der Waals surface area contributed by atoms with E-state index in [0.29, 0.717) is 56.5 Å². The van der Waals surface area contributed by atoms with E-state index < -0.39 is 0 Å². The number of amides is 2. The molecule has 2 aromatic rings. The second kappa shape index (κ2) is 7.79. The molecule has 1 N–H and O–H groups in total. The summed E-state index contributed by atoms with van der Waals surface area (Å²) in [5, 5.41) is 7.02. The van der Waals surface area contributed by atoms with Crippen molar-refractivity contribution in [3.8, 4) is 11.3 Å². The third kappa shape index (κ3) is 3.66. The van der Waals surface area contributed by atoms with Gasteiger partial charge in [0.25, 0.3) is 5.91 Å². The Morgan fingerprint density at radius 3 is 2.67 bits per heavy atom. The van der Waals surface area contributed by atoms with Crippen molar-refractivity contribution in [2.24, 2.45) is 0 Å². The minimum atomic E-state index is -0.228. The van der Waals surface area contributed by atoms with E-state index in [2.05, 4.69) is 10.5 Å². The first-order chi connectivity index (χ1) is 13.2. The van der Waals surface area contributed by atoms with Crippen molar-refractivity contribution in [2.45, 2.75) is 6.42 Å². The van der Waals surface area contributed by atoms with Crippen LogP contribution in [-0.2, 0) is 9.53 Å². The first-order valence-corrected chi connectivity index (χ1v) is 9.18. The van der Waals surface area contributed by atoms with Gasteiger partial charge in [-0.1, -0.05) is 35.5 Å². The topological polar surface area (TPSA) is 87.9 Å². The SMILES string of the molecule is O=C1CN(C(=O)c2c(N3CCOCC3)noc2-c2ccccc2)CCCN1. The molecule has 2 fully saturated rings. The molecule has 0 saturated carbocycles. The first kappa shape index (κ1) is 17.5. The van der Waals surface area contributed by atoms with Crippen LogP contribution in [-0.4, -0.2) is 67.8 Å². The molecular weight excluding hydrogens is 348 g/mol. The highest BCUT2D eigenvalue weighted by Gasteiger charge is 2.32. The van der Waals surface area contributed by atoms with Crippen molar-refractivity contribution >= 4 is 17.6 Å². The summed E-state index contributed by atoms with van der Waals surface area (Å²) in [4.78, 5) is 28.9. The molecule has 0 aliphatic carbocycles. The number of nitrogens with one attached hydrogen (secondary N) is 1. The van der Waals surface area contributed by atoms with Gasteiger partial charge >= 0.3 is 0 Å². The first-order valence-electron chi connectivity index (χ1n) is 9.18. The third-order valence-electron chi connectivity index (χ3n) is 4.78. The molecule has 0 radical (unpaired) electrons. The number of hydrogen-bond donors (Lipinski definition) is 1. The minimum Gasteiger partial charge on any atom is -0.378 e. The fraction of sp³-hybridized carbons (Fsp3) is 0.421. The largest absolute Gasteiger partial charge is 0.378 e. The highest BCUT2D eigenvalue weighted by atomic mass is 16.5. The molecule has 0 unspecified atom stereocenters. The van der Waals surface area contributed by atoms with E-state index in [1.165, 1.54) is 0 Å². The molecule has 2 amide bonds. The van der Waals surface area contributed by atoms with Gasteiger partial charge < -0.3 is 24.4 Å². The molecule has 1 aromatic heterocycles. The zero-order valence-corrected chi connectivity index (χ0v) is 15.0. The van der Waals surface area contributed by atoms with Gasteiger partial charge in [-0.2, -0.15) is 0 Å². The summed E-state index contributed by atoms with van der Waals surface area (Å²) in [5.74, 6) is 0.582. The standard InChI is InChI=1S/C19H22N4O4/c24-15-13-23(8-4-7-20-15)19(25)16-17(14-5-2-1-3-6-14)27-21-18(16)22-9-11-26-12-10-22/h1-3,5-6H,4,7-13H2,(H,20,24). The van der Waals surface area contributed by atoms with E-state index in [0.717, 1.165) is 12.0 Å². The molecular formula is C19H22N4O4. The van der Waals surface area contributed by atoms with Gasteiger partial charge in [-0.15, -0.1) is 0 Å². The number of ether oxygens (including phenoxy) is 1. The van der Waals surface area contributed by atoms with Crippen molar-refractivity contribution in [2.75, 3.05) is 50.8 Å². The number of morpholine rings is 1. The fourth-order valence-electron chi connectivity index (χ4n) is 3.39. The number of hydrogen-bond acceptors (Lipinski definition) is 6. The van der Waals surface area contributed by atoms with Crippen LogP contribution in [0.1, 0.15) is 16.8 Å². The van der Waals surface area contributed by atoms with Gasteiger partial charge in [0.05, 0.1) is 19.8 Å². The predicted molar refractivity (Wildman–Crippen MR) is 98.5 cm³/mol. The summed E-state index contributed by atoms with van der Waals surface area (Å²) in [6.07, 6.45) is 0.719. The molecule has 0 bridgehead atoms. The maximum atomic E-state index is 13.4. The van der Waals surface area contributed by atoms with E-state index in [1.54, 1.807) is 4.90 Å². The van der Waals surface area contributed by atoms with Crippen LogP contribution in [0.2, 0.25) is 0 Å². The van der Waals surface area contributed by atoms with Gasteiger partial charge in [0.1, 0.15) is 5.56 Å². The fourth-order valence-corrected chi connectivity index (χ4v) is 3.39. The minimum absolute atomic E-state index is 0.0425. The highest BCUT2D eigenvalue weighted by Crippen LogP contribution is 2.33. The summed E-state index contributed by atoms with van der Waals surface area (Å²) in [6, 6.07) is 9.45. The molecule has 4 rings (SSSR count). The van der Waals surface area contributed by atoms with Crippen molar-refractivity contribution in [3.63, 3.8) is 0 Å². The Bertz CT molecular complexity index is 814. The van der Waals surface area contributed by atoms with E-state index in [9.17, 15) is 9.59 Å². The molecule has 27 heavy (non-hydrogen) atoms. The van der Waals surface area contributed by atoms with Crippen LogP contribution < -0.4 is 10.2 Å². The summed E-state index contributed by atoms with van der Waals surface area (Å²) in [6.45, 7) is 3.57. The maximum absolute atomic E-state index is 13.4. The van der Waals surface area contributed by atoms with E-state index >= 15 is 0 Å². The Hall–Kier alpha value is -2.87. The zero-order chi connectivity index (χ0) is 18.6. The molecule has 2 aliphatic heterocycles. The molecule has 2 saturated heterocycles. The van der Waals surface area contributed by atoms with Gasteiger partial charge in [-0.05, 0) is 6.42 Å². The van der Waals surface area contributed by atoms with Crippen LogP contribution in [0.5, 0.6) is 0 Å². The molecule has 8 nitrogen and oxygen atoms in total. The molecule has 3 heterocycles. The van der Waals surface area contributed by atoms with Crippen LogP contribution in [0.25, 0.3) is 11.3 Å². The third-order valence-corrected chi connectivity index (χ3v) is 4.78. The van der Waals surface area contributed by atoms with Crippen molar-refractivity contribution < 1.29 is 18.8 Å². The molecule has 142 valence electrons. The normalized spacial score (nSPS) is 18.1. The number of carbonyl (C=O) groups excluding carboxylic acids is 2. The quantitative estimate of drug-likeness (QED) is 0.872. The lowest BCUT2D eigenvalue weighted by Crippen LogP contribution is -2.40. The molecule has 0 atom stereocenters. The monoisotopic (exact) mass is 370 g/mol. The van der Waals surface area contributed by atoms with Gasteiger partial charge in [0, 0.05) is 31.7 Å². The lowest BCUT2D eigenvalue weighted by molar-refractivity contribution is -0.121. The van der Waals surface area contributed by atoms with E-state index in [1.807, 2.05) is 35.2 Å². The molecule has 2 aliphatic rings. The smallest absolute Gasteiger partial charge is 0.262 e. The Balaban J connectivity index is 1.74. The van der Waals surface area contributed by atoms with Crippen LogP contribution in [0, 0.1) is 0 Å². The van der Waals surface area contributed by atoms with Crippen molar-refractivity contribution in [1.29, 1.82) is 0 Å². The second-order valence-electron chi connectivity index (χ2n) is 6.61. The number of benzene rings is 1. The average molecular weight is 370 g/mol. The number of aromatic nitrogens is 1. The number of rotatable bonds is 3. The lowest BCUT2D eigenvalue weighted by Gasteiger charge is -2.28. The van der Waals surface area contributed by atoms with Gasteiger partial charge in [-0.25, -0.2) is 0 Å². The second-order valence-corrected chi connectivity index (χ2v) is 6.61. The predicted octanol–water partition coefficient (Wildman–Crippen LogP) is 1.14. The van der Waals surface area contributed by atoms with Crippen molar-refractivity contribution in [1.82, 2.24) is 15.4 Å². The summed E-state index contributed by atoms with van der Waals surface area (Å²) in [5.41, 5.74) is 1.20.